The first-order valence-corrected chi connectivity index (χ1v) is 7.20. The Labute approximate surface area is 146 Å². The smallest absolute Gasteiger partial charge is 0.302 e. The van der Waals surface area contributed by atoms with Gasteiger partial charge in [0, 0.05) is 13.1 Å². The van der Waals surface area contributed by atoms with E-state index in [1.807, 2.05) is 0 Å². The van der Waals surface area contributed by atoms with Crippen LogP contribution in [-0.4, -0.2) is 52.9 Å². The van der Waals surface area contributed by atoms with E-state index in [1.54, 1.807) is 0 Å². The number of aliphatic imine (C=N–C) groups is 1. The molecule has 0 unspecified atom stereocenters. The van der Waals surface area contributed by atoms with Gasteiger partial charge in [0.15, 0.2) is 28.4 Å². The number of carbonyl (C=O) groups excluding carboxylic acids is 1. The van der Waals surface area contributed by atoms with E-state index >= 15 is 0 Å². The number of nitrogens with two attached hydrogens (primary N) is 3. The second-order valence-corrected chi connectivity index (χ2v) is 4.75. The summed E-state index contributed by atoms with van der Waals surface area (Å²) in [7, 11) is 0. The number of aromatic nitrogens is 2. The normalized spacial score (nSPS) is 10.1. The molecule has 0 aliphatic rings. The predicted molar refractivity (Wildman–Crippen MR) is 95.1 cm³/mol. The van der Waals surface area contributed by atoms with E-state index < -0.39 is 5.91 Å². The van der Waals surface area contributed by atoms with Crippen molar-refractivity contribution in [2.75, 3.05) is 37.2 Å². The van der Waals surface area contributed by atoms with Gasteiger partial charge in [0.2, 0.25) is 0 Å². The standard InChI is InChI=1S/C12H21ClN8O.ClH/c1-3-21(4-2)6-5-17-10-8(13)18-7(9(14)19-10)11(22)20-12(15)16;/h3-6H2,1-2H3,(H3,14,17,19)(H4,15,16,20,22);1H. The molecule has 1 aromatic rings. The van der Waals surface area contributed by atoms with E-state index in [-0.39, 0.29) is 35.0 Å². The fraction of sp³-hybridized carbons (Fsp3) is 0.500. The molecule has 11 heteroatoms. The van der Waals surface area contributed by atoms with Crippen LogP contribution in [-0.2, 0) is 0 Å². The van der Waals surface area contributed by atoms with Gasteiger partial charge < -0.3 is 27.4 Å². The highest BCUT2D eigenvalue weighted by atomic mass is 35.5. The number of likely N-dealkylation sites (N-methyl/N-ethyl adjacent to an activating group) is 1. The summed E-state index contributed by atoms with van der Waals surface area (Å²) in [5.74, 6) is -0.956. The van der Waals surface area contributed by atoms with Crippen LogP contribution in [0.1, 0.15) is 24.3 Å². The Morgan fingerprint density at radius 3 is 2.43 bits per heavy atom. The molecule has 1 aromatic heterocycles. The van der Waals surface area contributed by atoms with Crippen molar-refractivity contribution in [2.24, 2.45) is 16.5 Å². The molecule has 0 spiro atoms. The van der Waals surface area contributed by atoms with Crippen molar-refractivity contribution >= 4 is 47.5 Å². The highest BCUT2D eigenvalue weighted by Crippen LogP contribution is 2.20. The van der Waals surface area contributed by atoms with Crippen molar-refractivity contribution in [3.05, 3.63) is 10.8 Å². The SMILES string of the molecule is CCN(CC)CCNc1nc(N)c(C(=O)N=C(N)N)nc1Cl.Cl. The molecule has 0 aliphatic heterocycles. The topological polar surface area (TPSA) is 149 Å². The lowest BCUT2D eigenvalue weighted by Crippen LogP contribution is -2.29. The van der Waals surface area contributed by atoms with Crippen LogP contribution in [0.2, 0.25) is 5.15 Å². The van der Waals surface area contributed by atoms with Crippen molar-refractivity contribution < 1.29 is 4.79 Å². The van der Waals surface area contributed by atoms with E-state index in [0.717, 1.165) is 19.6 Å². The van der Waals surface area contributed by atoms with Crippen LogP contribution < -0.4 is 22.5 Å². The predicted octanol–water partition coefficient (Wildman–Crippen LogP) is 0.301. The third kappa shape index (κ3) is 6.43. The molecular formula is C12H22Cl2N8O. The van der Waals surface area contributed by atoms with Gasteiger partial charge in [-0.2, -0.15) is 4.99 Å². The number of hydrogen-bond acceptors (Lipinski definition) is 6. The molecule has 130 valence electrons. The van der Waals surface area contributed by atoms with E-state index in [0.29, 0.717) is 12.4 Å². The highest BCUT2D eigenvalue weighted by molar-refractivity contribution is 6.32. The fourth-order valence-corrected chi connectivity index (χ4v) is 1.93. The molecule has 23 heavy (non-hydrogen) atoms. The first-order chi connectivity index (χ1) is 10.4. The van der Waals surface area contributed by atoms with Gasteiger partial charge in [-0.25, -0.2) is 9.97 Å². The Morgan fingerprint density at radius 1 is 1.30 bits per heavy atom. The van der Waals surface area contributed by atoms with Gasteiger partial charge in [0.1, 0.15) is 0 Å². The number of hydrogen-bond donors (Lipinski definition) is 4. The maximum absolute atomic E-state index is 11.7. The third-order valence-electron chi connectivity index (χ3n) is 2.93. The molecular weight excluding hydrogens is 343 g/mol. The van der Waals surface area contributed by atoms with Crippen LogP contribution in [0.15, 0.2) is 4.99 Å². The molecule has 1 amide bonds. The molecule has 7 N–H and O–H groups in total. The largest absolute Gasteiger partial charge is 0.382 e. The summed E-state index contributed by atoms with van der Waals surface area (Å²) in [5.41, 5.74) is 15.8. The van der Waals surface area contributed by atoms with Crippen LogP contribution >= 0.6 is 24.0 Å². The Kier molecular flexibility index (Phi) is 9.23. The van der Waals surface area contributed by atoms with Crippen LogP contribution in [0.4, 0.5) is 11.6 Å². The van der Waals surface area contributed by atoms with E-state index in [9.17, 15) is 4.79 Å². The molecule has 0 saturated heterocycles. The van der Waals surface area contributed by atoms with Crippen LogP contribution in [0, 0.1) is 0 Å². The first kappa shape index (κ1) is 21.2. The molecule has 9 nitrogen and oxygen atoms in total. The molecule has 0 aromatic carbocycles. The quantitative estimate of drug-likeness (QED) is 0.398. The molecule has 0 atom stereocenters. The number of halogens is 2. The van der Waals surface area contributed by atoms with Crippen molar-refractivity contribution in [1.82, 2.24) is 14.9 Å². The summed E-state index contributed by atoms with van der Waals surface area (Å²) in [6.07, 6.45) is 0. The lowest BCUT2D eigenvalue weighted by atomic mass is 10.4. The Balaban J connectivity index is 0.00000484. The minimum Gasteiger partial charge on any atom is -0.382 e. The zero-order valence-electron chi connectivity index (χ0n) is 13.0. The van der Waals surface area contributed by atoms with Gasteiger partial charge in [-0.05, 0) is 13.1 Å². The van der Waals surface area contributed by atoms with Gasteiger partial charge in [-0.1, -0.05) is 25.4 Å². The number of anilines is 2. The van der Waals surface area contributed by atoms with Crippen LogP contribution in [0.25, 0.3) is 0 Å². The molecule has 0 bridgehead atoms. The average Bonchev–Trinajstić information content (AvgIpc) is 2.45. The minimum absolute atomic E-state index is 0. The van der Waals surface area contributed by atoms with Crippen molar-refractivity contribution in [3.8, 4) is 0 Å². The second-order valence-electron chi connectivity index (χ2n) is 4.39. The Hall–Kier alpha value is -1.84. The van der Waals surface area contributed by atoms with Crippen molar-refractivity contribution in [2.45, 2.75) is 13.8 Å². The maximum Gasteiger partial charge on any atom is 0.302 e. The fourth-order valence-electron chi connectivity index (χ4n) is 1.74. The zero-order valence-corrected chi connectivity index (χ0v) is 14.6. The van der Waals surface area contributed by atoms with E-state index in [1.165, 1.54) is 0 Å². The number of nitrogen functional groups attached to an aromatic ring is 1. The molecule has 1 heterocycles. The van der Waals surface area contributed by atoms with Gasteiger partial charge in [0.25, 0.3) is 0 Å². The third-order valence-corrected chi connectivity index (χ3v) is 3.19. The number of nitrogens with one attached hydrogen (secondary N) is 1. The Bertz CT molecular complexity index is 558. The number of carbonyl (C=O) groups is 1. The summed E-state index contributed by atoms with van der Waals surface area (Å²) < 4.78 is 0. The van der Waals surface area contributed by atoms with Crippen molar-refractivity contribution in [3.63, 3.8) is 0 Å². The molecule has 0 aliphatic carbocycles. The number of rotatable bonds is 7. The summed E-state index contributed by atoms with van der Waals surface area (Å²) in [5, 5.41) is 3.07. The molecule has 0 fully saturated rings. The number of amides is 1. The summed E-state index contributed by atoms with van der Waals surface area (Å²) in [6, 6.07) is 0. The minimum atomic E-state index is -0.790. The van der Waals surface area contributed by atoms with Crippen LogP contribution in [0.5, 0.6) is 0 Å². The average molecular weight is 365 g/mol. The van der Waals surface area contributed by atoms with Gasteiger partial charge in [0.05, 0.1) is 0 Å². The summed E-state index contributed by atoms with van der Waals surface area (Å²) in [4.78, 5) is 25.2. The monoisotopic (exact) mass is 364 g/mol. The van der Waals surface area contributed by atoms with E-state index in [2.05, 4.69) is 39.0 Å². The maximum atomic E-state index is 11.7. The summed E-state index contributed by atoms with van der Waals surface area (Å²) in [6.45, 7) is 7.50. The molecule has 1 rings (SSSR count). The van der Waals surface area contributed by atoms with E-state index in [4.69, 9.17) is 28.8 Å². The zero-order chi connectivity index (χ0) is 16.7. The highest BCUT2D eigenvalue weighted by Gasteiger charge is 2.16. The van der Waals surface area contributed by atoms with Crippen LogP contribution in [0.3, 0.4) is 0 Å². The first-order valence-electron chi connectivity index (χ1n) is 6.82. The number of nitrogens with zero attached hydrogens (tertiary/aromatic N) is 4. The van der Waals surface area contributed by atoms with Gasteiger partial charge in [-0.15, -0.1) is 12.4 Å². The second kappa shape index (κ2) is 10.0. The number of guanidine groups is 1. The summed E-state index contributed by atoms with van der Waals surface area (Å²) >= 11 is 6.00. The molecule has 0 saturated carbocycles. The lowest BCUT2D eigenvalue weighted by molar-refractivity contribution is 0.0998. The molecule has 0 radical (unpaired) electrons. The Morgan fingerprint density at radius 2 is 1.91 bits per heavy atom. The lowest BCUT2D eigenvalue weighted by Gasteiger charge is -2.18. The van der Waals surface area contributed by atoms with Gasteiger partial charge >= 0.3 is 5.91 Å². The van der Waals surface area contributed by atoms with Gasteiger partial charge in [-0.3, -0.25) is 4.79 Å². The van der Waals surface area contributed by atoms with Crippen molar-refractivity contribution in [1.29, 1.82) is 0 Å².